The largest absolute Gasteiger partial charge is 0.490 e. The molecule has 114 valence electrons. The van der Waals surface area contributed by atoms with Crippen molar-refractivity contribution in [1.29, 1.82) is 0 Å². The first-order chi connectivity index (χ1) is 9.31. The first-order valence-corrected chi connectivity index (χ1v) is 6.50. The quantitative estimate of drug-likeness (QED) is 0.870. The lowest BCUT2D eigenvalue weighted by Gasteiger charge is -2.31. The number of hydrogen-bond donors (Lipinski definition) is 1. The molecule has 1 aromatic rings. The van der Waals surface area contributed by atoms with Gasteiger partial charge >= 0.3 is 6.18 Å². The van der Waals surface area contributed by atoms with Crippen LogP contribution in [0.4, 0.5) is 13.2 Å². The maximum Gasteiger partial charge on any atom is 0.421 e. The number of rotatable bonds is 6. The first-order valence-electron chi connectivity index (χ1n) is 6.50. The second-order valence-corrected chi connectivity index (χ2v) is 4.21. The van der Waals surface area contributed by atoms with Crippen molar-refractivity contribution in [3.63, 3.8) is 0 Å². The Hall–Kier alpha value is -1.43. The normalized spacial score (nSPS) is 14.8. The van der Waals surface area contributed by atoms with Gasteiger partial charge in [-0.3, -0.25) is 0 Å². The average Bonchev–Trinajstić information content (AvgIpc) is 2.39. The van der Waals surface area contributed by atoms with Crippen LogP contribution in [-0.2, 0) is 5.60 Å². The predicted molar refractivity (Wildman–Crippen MR) is 69.0 cm³/mol. The lowest BCUT2D eigenvalue weighted by atomic mass is 9.89. The van der Waals surface area contributed by atoms with Crippen molar-refractivity contribution in [1.82, 2.24) is 0 Å². The zero-order valence-corrected chi connectivity index (χ0v) is 11.8. The molecular formula is C14H19F3O3. The third-order valence-electron chi connectivity index (χ3n) is 2.99. The molecular weight excluding hydrogens is 273 g/mol. The molecule has 1 aromatic carbocycles. The lowest BCUT2D eigenvalue weighted by Crippen LogP contribution is -2.42. The molecule has 0 saturated carbocycles. The molecule has 0 spiro atoms. The number of para-hydroxylation sites is 1. The van der Waals surface area contributed by atoms with Gasteiger partial charge in [-0.15, -0.1) is 0 Å². The van der Waals surface area contributed by atoms with Gasteiger partial charge in [0.2, 0.25) is 0 Å². The van der Waals surface area contributed by atoms with E-state index in [1.807, 2.05) is 0 Å². The summed E-state index contributed by atoms with van der Waals surface area (Å²) >= 11 is 0. The highest BCUT2D eigenvalue weighted by Crippen LogP contribution is 2.47. The van der Waals surface area contributed by atoms with Gasteiger partial charge in [-0.05, 0) is 26.3 Å². The van der Waals surface area contributed by atoms with Crippen molar-refractivity contribution in [2.24, 2.45) is 0 Å². The molecule has 3 nitrogen and oxygen atoms in total. The number of hydrogen-bond acceptors (Lipinski definition) is 3. The van der Waals surface area contributed by atoms with E-state index in [2.05, 4.69) is 0 Å². The monoisotopic (exact) mass is 292 g/mol. The van der Waals surface area contributed by atoms with Crippen LogP contribution in [0.1, 0.15) is 32.8 Å². The summed E-state index contributed by atoms with van der Waals surface area (Å²) in [6.45, 7) is 5.12. The van der Waals surface area contributed by atoms with Crippen LogP contribution in [0, 0.1) is 0 Å². The molecule has 0 aliphatic heterocycles. The van der Waals surface area contributed by atoms with Crippen molar-refractivity contribution in [3.05, 3.63) is 23.8 Å². The second-order valence-electron chi connectivity index (χ2n) is 4.21. The van der Waals surface area contributed by atoms with Gasteiger partial charge in [0.15, 0.2) is 17.1 Å². The van der Waals surface area contributed by atoms with E-state index < -0.39 is 18.2 Å². The molecule has 0 fully saturated rings. The second kappa shape index (κ2) is 6.35. The Labute approximate surface area is 116 Å². The summed E-state index contributed by atoms with van der Waals surface area (Å²) in [5.74, 6) is 0.140. The number of ether oxygens (including phenoxy) is 2. The van der Waals surface area contributed by atoms with E-state index >= 15 is 0 Å². The number of alkyl halides is 3. The third-order valence-corrected chi connectivity index (χ3v) is 2.99. The van der Waals surface area contributed by atoms with Gasteiger partial charge in [-0.25, -0.2) is 0 Å². The Bertz CT molecular complexity index is 446. The molecule has 0 bridgehead atoms. The maximum absolute atomic E-state index is 13.2. The summed E-state index contributed by atoms with van der Waals surface area (Å²) in [5.41, 5.74) is -3.27. The van der Waals surface area contributed by atoms with Gasteiger partial charge in [-0.1, -0.05) is 19.1 Å². The Kier molecular flexibility index (Phi) is 5.28. The van der Waals surface area contributed by atoms with Crippen LogP contribution in [0.2, 0.25) is 0 Å². The highest BCUT2D eigenvalue weighted by atomic mass is 19.4. The fourth-order valence-electron chi connectivity index (χ4n) is 1.95. The summed E-state index contributed by atoms with van der Waals surface area (Å²) in [5, 5.41) is 10.1. The van der Waals surface area contributed by atoms with Crippen molar-refractivity contribution >= 4 is 0 Å². The highest BCUT2D eigenvalue weighted by molar-refractivity contribution is 5.50. The van der Waals surface area contributed by atoms with Gasteiger partial charge in [0, 0.05) is 5.56 Å². The summed E-state index contributed by atoms with van der Waals surface area (Å²) < 4.78 is 50.1. The Morgan fingerprint density at radius 1 is 1.05 bits per heavy atom. The van der Waals surface area contributed by atoms with Crippen LogP contribution in [0.5, 0.6) is 11.5 Å². The molecule has 0 saturated heterocycles. The van der Waals surface area contributed by atoms with Crippen molar-refractivity contribution in [2.45, 2.75) is 39.0 Å². The van der Waals surface area contributed by atoms with Crippen molar-refractivity contribution in [2.75, 3.05) is 13.2 Å². The smallest absolute Gasteiger partial charge is 0.421 e. The molecule has 1 atom stereocenters. The standard InChI is InChI=1S/C14H19F3O3/c1-4-13(18,14(15,16)17)10-8-7-9-11(19-5-2)12(10)20-6-3/h7-9,18H,4-6H2,1-3H3. The molecule has 0 amide bonds. The molecule has 1 N–H and O–H groups in total. The number of aliphatic hydroxyl groups is 1. The van der Waals surface area contributed by atoms with Crippen LogP contribution in [0.25, 0.3) is 0 Å². The minimum absolute atomic E-state index is 0.0569. The molecule has 6 heteroatoms. The van der Waals surface area contributed by atoms with Crippen LogP contribution in [0.15, 0.2) is 18.2 Å². The molecule has 1 rings (SSSR count). The fourth-order valence-corrected chi connectivity index (χ4v) is 1.95. The number of benzene rings is 1. The van der Waals surface area contributed by atoms with Crippen molar-refractivity contribution < 1.29 is 27.8 Å². The molecule has 0 aliphatic carbocycles. The van der Waals surface area contributed by atoms with Gasteiger partial charge in [0.25, 0.3) is 0 Å². The average molecular weight is 292 g/mol. The summed E-state index contributed by atoms with van der Waals surface area (Å²) in [7, 11) is 0. The molecule has 0 aliphatic rings. The minimum Gasteiger partial charge on any atom is -0.490 e. The zero-order chi connectivity index (χ0) is 15.4. The Morgan fingerprint density at radius 2 is 1.65 bits per heavy atom. The summed E-state index contributed by atoms with van der Waals surface area (Å²) in [6, 6.07) is 4.14. The van der Waals surface area contributed by atoms with E-state index in [4.69, 9.17) is 9.47 Å². The van der Waals surface area contributed by atoms with Crippen molar-refractivity contribution in [3.8, 4) is 11.5 Å². The highest BCUT2D eigenvalue weighted by Gasteiger charge is 2.55. The van der Waals surface area contributed by atoms with E-state index in [9.17, 15) is 18.3 Å². The zero-order valence-electron chi connectivity index (χ0n) is 11.8. The molecule has 0 aromatic heterocycles. The van der Waals surface area contributed by atoms with E-state index in [1.54, 1.807) is 13.8 Å². The van der Waals surface area contributed by atoms with Gasteiger partial charge < -0.3 is 14.6 Å². The molecule has 20 heavy (non-hydrogen) atoms. The Morgan fingerprint density at radius 3 is 2.10 bits per heavy atom. The van der Waals surface area contributed by atoms with Gasteiger partial charge in [0.1, 0.15) is 0 Å². The van der Waals surface area contributed by atoms with E-state index in [-0.39, 0.29) is 23.7 Å². The summed E-state index contributed by atoms with van der Waals surface area (Å²) in [6.07, 6.45) is -5.30. The van der Waals surface area contributed by atoms with Gasteiger partial charge in [0.05, 0.1) is 13.2 Å². The maximum atomic E-state index is 13.2. The number of halogens is 3. The van der Waals surface area contributed by atoms with Crippen LogP contribution in [0.3, 0.4) is 0 Å². The molecule has 1 unspecified atom stereocenters. The molecule has 0 radical (unpaired) electrons. The topological polar surface area (TPSA) is 38.7 Å². The van der Waals surface area contributed by atoms with E-state index in [1.165, 1.54) is 25.1 Å². The van der Waals surface area contributed by atoms with Crippen LogP contribution >= 0.6 is 0 Å². The first kappa shape index (κ1) is 16.6. The SMILES string of the molecule is CCOc1cccc(C(O)(CC)C(F)(F)F)c1OCC. The fraction of sp³-hybridized carbons (Fsp3) is 0.571. The van der Waals surface area contributed by atoms with E-state index in [0.717, 1.165) is 0 Å². The lowest BCUT2D eigenvalue weighted by molar-refractivity contribution is -0.268. The molecule has 0 heterocycles. The Balaban J connectivity index is 3.45. The predicted octanol–water partition coefficient (Wildman–Crippen LogP) is 3.64. The van der Waals surface area contributed by atoms with Crippen LogP contribution < -0.4 is 9.47 Å². The minimum atomic E-state index is -4.79. The van der Waals surface area contributed by atoms with E-state index in [0.29, 0.717) is 6.61 Å². The third kappa shape index (κ3) is 3.00. The van der Waals surface area contributed by atoms with Crippen LogP contribution in [-0.4, -0.2) is 24.5 Å². The van der Waals surface area contributed by atoms with Gasteiger partial charge in [-0.2, -0.15) is 13.2 Å². The summed E-state index contributed by atoms with van der Waals surface area (Å²) in [4.78, 5) is 0.